The number of nitrogens with zero attached hydrogens (tertiary/aromatic N) is 1. The lowest BCUT2D eigenvalue weighted by molar-refractivity contribution is -0.474. The minimum absolute atomic E-state index is 0.125. The van der Waals surface area contributed by atoms with Crippen LogP contribution < -0.4 is 16.6 Å². The molecule has 76 valence electrons. The van der Waals surface area contributed by atoms with Gasteiger partial charge in [-0.15, -0.1) is 7.05 Å². The molecule has 0 unspecified atom stereocenters. The Kier molecular flexibility index (Phi) is 2.98. The number of aryl methyl sites for hydroxylation is 1. The number of hydrogen-bond acceptors (Lipinski definition) is 3. The summed E-state index contributed by atoms with van der Waals surface area (Å²) in [5.74, 6) is 0.221. The minimum Gasteiger partial charge on any atom is -0.432 e. The third-order valence-corrected chi connectivity index (χ3v) is 1.78. The maximum Gasteiger partial charge on any atom is 0.328 e. The van der Waals surface area contributed by atoms with Crippen LogP contribution in [0.3, 0.4) is 0 Å². The number of hydrogen-bond donors (Lipinski definition) is 3. The Bertz CT molecular complexity index is 457. The second kappa shape index (κ2) is 4.01. The van der Waals surface area contributed by atoms with Crippen LogP contribution in [-0.2, 0) is 6.54 Å². The van der Waals surface area contributed by atoms with Crippen molar-refractivity contribution in [2.24, 2.45) is 0 Å². The minimum atomic E-state index is -0.507. The Morgan fingerprint density at radius 2 is 2.36 bits per heavy atom. The third kappa shape index (κ3) is 2.17. The van der Waals surface area contributed by atoms with Crippen LogP contribution in [0.1, 0.15) is 5.56 Å². The molecule has 0 radical (unpaired) electrons. The first-order chi connectivity index (χ1) is 6.54. The van der Waals surface area contributed by atoms with Gasteiger partial charge in [0.2, 0.25) is 0 Å². The van der Waals surface area contributed by atoms with Crippen molar-refractivity contribution in [3.8, 4) is 0 Å². The van der Waals surface area contributed by atoms with Crippen molar-refractivity contribution < 1.29 is 5.32 Å². The summed E-state index contributed by atoms with van der Waals surface area (Å²) >= 11 is 0. The zero-order chi connectivity index (χ0) is 10.7. The van der Waals surface area contributed by atoms with Crippen LogP contribution in [0.5, 0.6) is 0 Å². The van der Waals surface area contributed by atoms with Crippen LogP contribution >= 0.6 is 0 Å². The summed E-state index contributed by atoms with van der Waals surface area (Å²) in [6.07, 6.45) is 1.43. The van der Waals surface area contributed by atoms with E-state index in [2.05, 4.69) is 12.0 Å². The van der Waals surface area contributed by atoms with Crippen molar-refractivity contribution in [3.63, 3.8) is 0 Å². The average Bonchev–Trinajstić information content (AvgIpc) is 2.14. The molecular weight excluding hydrogens is 184 g/mol. The van der Waals surface area contributed by atoms with E-state index in [1.165, 1.54) is 16.1 Å². The highest BCUT2D eigenvalue weighted by molar-refractivity contribution is 5.68. The van der Waals surface area contributed by atoms with Gasteiger partial charge in [-0.25, -0.2) is 4.79 Å². The van der Waals surface area contributed by atoms with Crippen LogP contribution in [0.4, 0.5) is 0 Å². The topological polar surface area (TPSA) is 95.3 Å². The lowest BCUT2D eigenvalue weighted by Crippen LogP contribution is -2.82. The maximum absolute atomic E-state index is 11.2. The molecule has 14 heavy (non-hydrogen) atoms. The molecule has 0 fully saturated rings. The normalized spacial score (nSPS) is 10.1. The first kappa shape index (κ1) is 10.4. The van der Waals surface area contributed by atoms with Crippen LogP contribution in [-0.4, -0.2) is 15.4 Å². The van der Waals surface area contributed by atoms with E-state index in [1.807, 2.05) is 0 Å². The number of nitrogens with one attached hydrogen (secondary N) is 2. The summed E-state index contributed by atoms with van der Waals surface area (Å²) in [4.78, 5) is 24.4. The Balaban J connectivity index is 3.11. The molecule has 4 N–H and O–H groups in total. The lowest BCUT2D eigenvalue weighted by atomic mass is 10.4. The molecule has 0 aromatic carbocycles. The number of quaternary nitrogens is 1. The summed E-state index contributed by atoms with van der Waals surface area (Å²) in [6, 6.07) is 0. The van der Waals surface area contributed by atoms with Crippen molar-refractivity contribution in [1.82, 2.24) is 9.55 Å². The molecule has 0 saturated carbocycles. The zero-order valence-corrected chi connectivity index (χ0v) is 7.83. The van der Waals surface area contributed by atoms with E-state index < -0.39 is 11.2 Å². The van der Waals surface area contributed by atoms with E-state index in [1.54, 1.807) is 6.92 Å². The predicted octanol–water partition coefficient (Wildman–Crippen LogP) is -1.82. The van der Waals surface area contributed by atoms with Gasteiger partial charge in [-0.2, -0.15) is 0 Å². The molecule has 1 aromatic heterocycles. The van der Waals surface area contributed by atoms with Gasteiger partial charge in [0.1, 0.15) is 6.54 Å². The molecule has 1 aromatic rings. The first-order valence-electron chi connectivity index (χ1n) is 4.05. The number of aromatic amines is 1. The standard InChI is InChI=1S/C8H12N4O2/c1-5-3-12(4-6(9)10-2)8(14)11-7(5)13/h3,9H,2,4,10H2,1H3,(H,11,13,14). The monoisotopic (exact) mass is 196 g/mol. The summed E-state index contributed by atoms with van der Waals surface area (Å²) in [7, 11) is 3.41. The molecule has 0 saturated heterocycles. The Hall–Kier alpha value is -1.69. The molecule has 0 aliphatic carbocycles. The number of nitrogens with two attached hydrogens (primary N) is 1. The second-order valence-corrected chi connectivity index (χ2v) is 2.93. The molecule has 6 nitrogen and oxygen atoms in total. The molecule has 1 rings (SSSR count). The quantitative estimate of drug-likeness (QED) is 0.295. The van der Waals surface area contributed by atoms with Crippen LogP contribution in [0.15, 0.2) is 15.8 Å². The highest BCUT2D eigenvalue weighted by atomic mass is 16.2. The van der Waals surface area contributed by atoms with E-state index in [0.29, 0.717) is 5.56 Å². The van der Waals surface area contributed by atoms with Crippen LogP contribution in [0, 0.1) is 19.4 Å². The van der Waals surface area contributed by atoms with Crippen molar-refractivity contribution in [2.45, 2.75) is 13.5 Å². The molecule has 6 heteroatoms. The molecule has 0 spiro atoms. The van der Waals surface area contributed by atoms with Crippen LogP contribution in [0.2, 0.25) is 0 Å². The molecule has 0 aliphatic rings. The van der Waals surface area contributed by atoms with E-state index in [-0.39, 0.29) is 12.4 Å². The van der Waals surface area contributed by atoms with Crippen molar-refractivity contribution in [1.29, 1.82) is 5.41 Å². The SMILES string of the molecule is [CH2-][NH2+]C(=N)Cn1cc(C)c(=O)[nH]c1=O. The number of amidine groups is 1. The number of rotatable bonds is 2. The van der Waals surface area contributed by atoms with Gasteiger partial charge in [-0.1, -0.05) is 0 Å². The molecule has 0 atom stereocenters. The van der Waals surface area contributed by atoms with E-state index >= 15 is 0 Å². The van der Waals surface area contributed by atoms with Gasteiger partial charge in [0.25, 0.3) is 5.56 Å². The maximum atomic E-state index is 11.2. The highest BCUT2D eigenvalue weighted by Crippen LogP contribution is 1.82. The predicted molar refractivity (Wildman–Crippen MR) is 51.1 cm³/mol. The Morgan fingerprint density at radius 1 is 1.71 bits per heavy atom. The fraction of sp³-hybridized carbons (Fsp3) is 0.250. The molecular formula is C8H12N4O2. The average molecular weight is 196 g/mol. The number of aromatic nitrogens is 2. The highest BCUT2D eigenvalue weighted by Gasteiger charge is 2.03. The van der Waals surface area contributed by atoms with Gasteiger partial charge >= 0.3 is 5.69 Å². The fourth-order valence-corrected chi connectivity index (χ4v) is 0.984. The van der Waals surface area contributed by atoms with E-state index in [0.717, 1.165) is 0 Å². The molecule has 1 heterocycles. The zero-order valence-electron chi connectivity index (χ0n) is 7.83. The first-order valence-corrected chi connectivity index (χ1v) is 4.05. The van der Waals surface area contributed by atoms with E-state index in [4.69, 9.17) is 5.41 Å². The lowest BCUT2D eigenvalue weighted by Gasteiger charge is -2.05. The second-order valence-electron chi connectivity index (χ2n) is 2.93. The fourth-order valence-electron chi connectivity index (χ4n) is 0.984. The molecule has 0 aliphatic heterocycles. The summed E-state index contributed by atoms with van der Waals surface area (Å²) < 4.78 is 1.26. The number of H-pyrrole nitrogens is 1. The van der Waals surface area contributed by atoms with Gasteiger partial charge in [-0.3, -0.25) is 19.8 Å². The van der Waals surface area contributed by atoms with Crippen molar-refractivity contribution in [2.75, 3.05) is 0 Å². The molecule has 0 bridgehead atoms. The van der Waals surface area contributed by atoms with Gasteiger partial charge in [-0.05, 0) is 6.92 Å². The summed E-state index contributed by atoms with van der Waals surface area (Å²) in [6.45, 7) is 1.73. The van der Waals surface area contributed by atoms with E-state index in [9.17, 15) is 9.59 Å². The Morgan fingerprint density at radius 3 is 2.93 bits per heavy atom. The van der Waals surface area contributed by atoms with Crippen molar-refractivity contribution >= 4 is 5.84 Å². The van der Waals surface area contributed by atoms with Gasteiger partial charge in [0.05, 0.1) is 0 Å². The Labute approximate surface area is 80.1 Å². The largest absolute Gasteiger partial charge is 0.432 e. The smallest absolute Gasteiger partial charge is 0.328 e. The van der Waals surface area contributed by atoms with Gasteiger partial charge in [0.15, 0.2) is 5.84 Å². The van der Waals surface area contributed by atoms with Crippen LogP contribution in [0.25, 0.3) is 0 Å². The summed E-state index contributed by atoms with van der Waals surface area (Å²) in [5.41, 5.74) is -0.454. The van der Waals surface area contributed by atoms with Gasteiger partial charge < -0.3 is 5.32 Å². The third-order valence-electron chi connectivity index (χ3n) is 1.78. The molecule has 0 amide bonds. The van der Waals surface area contributed by atoms with Gasteiger partial charge in [0, 0.05) is 11.8 Å². The summed E-state index contributed by atoms with van der Waals surface area (Å²) in [5, 5.41) is 8.68. The van der Waals surface area contributed by atoms with Crippen molar-refractivity contribution in [3.05, 3.63) is 39.6 Å².